The fraction of sp³-hybridized carbons (Fsp3) is 0.222. The zero-order valence-electron chi connectivity index (χ0n) is 13.4. The van der Waals surface area contributed by atoms with Crippen molar-refractivity contribution in [3.63, 3.8) is 0 Å². The smallest absolute Gasteiger partial charge is 0.410 e. The van der Waals surface area contributed by atoms with Gasteiger partial charge in [0.2, 0.25) is 5.91 Å². The van der Waals surface area contributed by atoms with Crippen LogP contribution in [0.15, 0.2) is 48.5 Å². The van der Waals surface area contributed by atoms with E-state index < -0.39 is 12.0 Å². The number of halogens is 1. The molecule has 2 aromatic rings. The van der Waals surface area contributed by atoms with Crippen molar-refractivity contribution < 1.29 is 19.1 Å². The summed E-state index contributed by atoms with van der Waals surface area (Å²) in [6.07, 6.45) is -0.506. The molecule has 0 spiro atoms. The van der Waals surface area contributed by atoms with E-state index in [1.54, 1.807) is 18.2 Å². The fourth-order valence-electron chi connectivity index (χ4n) is 2.37. The molecule has 1 heterocycles. The van der Waals surface area contributed by atoms with Crippen molar-refractivity contribution in [3.8, 4) is 5.75 Å². The molecule has 25 heavy (non-hydrogen) atoms. The Morgan fingerprint density at radius 2 is 1.88 bits per heavy atom. The van der Waals surface area contributed by atoms with Crippen molar-refractivity contribution in [2.75, 3.05) is 13.1 Å². The zero-order chi connectivity index (χ0) is 17.8. The highest BCUT2D eigenvalue weighted by atomic mass is 35.5. The molecule has 6 nitrogen and oxygen atoms in total. The highest BCUT2D eigenvalue weighted by Gasteiger charge is 2.32. The van der Waals surface area contributed by atoms with Gasteiger partial charge in [0, 0.05) is 10.6 Å². The van der Waals surface area contributed by atoms with Crippen LogP contribution >= 0.6 is 11.6 Å². The number of rotatable bonds is 5. The van der Waals surface area contributed by atoms with Crippen LogP contribution in [-0.2, 0) is 11.3 Å². The molecule has 0 aromatic heterocycles. The number of hydrogen-bond donors (Lipinski definition) is 1. The molecule has 1 aliphatic rings. The van der Waals surface area contributed by atoms with Crippen LogP contribution in [0.1, 0.15) is 15.9 Å². The first-order valence-corrected chi connectivity index (χ1v) is 8.12. The SMILES string of the molecule is NC(=O)c1cccc(OC(=O)N2CC(OCc3ccc(Cl)cc3)C2)c1. The molecule has 0 radical (unpaired) electrons. The van der Waals surface area contributed by atoms with E-state index in [1.165, 1.54) is 11.0 Å². The van der Waals surface area contributed by atoms with Gasteiger partial charge in [-0.15, -0.1) is 0 Å². The van der Waals surface area contributed by atoms with Crippen molar-refractivity contribution in [1.29, 1.82) is 0 Å². The van der Waals surface area contributed by atoms with Gasteiger partial charge in [0.15, 0.2) is 0 Å². The van der Waals surface area contributed by atoms with E-state index in [0.29, 0.717) is 24.7 Å². The summed E-state index contributed by atoms with van der Waals surface area (Å²) in [6.45, 7) is 1.38. The first-order valence-electron chi connectivity index (χ1n) is 7.74. The van der Waals surface area contributed by atoms with Crippen LogP contribution in [0.3, 0.4) is 0 Å². The van der Waals surface area contributed by atoms with Gasteiger partial charge in [0.05, 0.1) is 25.8 Å². The first kappa shape index (κ1) is 17.3. The van der Waals surface area contributed by atoms with Crippen molar-refractivity contribution in [3.05, 3.63) is 64.7 Å². The second-order valence-electron chi connectivity index (χ2n) is 5.72. The molecule has 3 rings (SSSR count). The Morgan fingerprint density at radius 1 is 1.16 bits per heavy atom. The normalized spacial score (nSPS) is 14.0. The highest BCUT2D eigenvalue weighted by Crippen LogP contribution is 2.19. The number of hydrogen-bond acceptors (Lipinski definition) is 4. The van der Waals surface area contributed by atoms with Crippen LogP contribution in [0.25, 0.3) is 0 Å². The van der Waals surface area contributed by atoms with E-state index in [1.807, 2.05) is 24.3 Å². The summed E-state index contributed by atoms with van der Waals surface area (Å²) in [6, 6.07) is 13.6. The molecular weight excluding hydrogens is 344 g/mol. The predicted molar refractivity (Wildman–Crippen MR) is 92.6 cm³/mol. The van der Waals surface area contributed by atoms with Crippen LogP contribution in [0.2, 0.25) is 5.02 Å². The third-order valence-corrected chi connectivity index (χ3v) is 4.08. The molecule has 0 unspecified atom stereocenters. The molecule has 0 aliphatic carbocycles. The molecule has 1 saturated heterocycles. The zero-order valence-corrected chi connectivity index (χ0v) is 14.1. The molecule has 130 valence electrons. The van der Waals surface area contributed by atoms with Gasteiger partial charge in [-0.25, -0.2) is 4.79 Å². The quantitative estimate of drug-likeness (QED) is 0.888. The molecule has 2 aromatic carbocycles. The number of primary amides is 1. The lowest BCUT2D eigenvalue weighted by molar-refractivity contribution is -0.0508. The molecule has 2 N–H and O–H groups in total. The van der Waals surface area contributed by atoms with E-state index >= 15 is 0 Å². The minimum absolute atomic E-state index is 0.0276. The molecule has 0 saturated carbocycles. The second-order valence-corrected chi connectivity index (χ2v) is 6.16. The molecule has 1 fully saturated rings. The maximum absolute atomic E-state index is 12.1. The van der Waals surface area contributed by atoms with Crippen molar-refractivity contribution in [2.24, 2.45) is 5.73 Å². The maximum Gasteiger partial charge on any atom is 0.415 e. The molecule has 0 atom stereocenters. The lowest BCUT2D eigenvalue weighted by atomic mass is 10.2. The lowest BCUT2D eigenvalue weighted by Crippen LogP contribution is -2.55. The minimum atomic E-state index is -0.572. The number of likely N-dealkylation sites (tertiary alicyclic amines) is 1. The van der Waals surface area contributed by atoms with Crippen LogP contribution in [0, 0.1) is 0 Å². The van der Waals surface area contributed by atoms with Gasteiger partial charge in [0.25, 0.3) is 0 Å². The Balaban J connectivity index is 1.44. The highest BCUT2D eigenvalue weighted by molar-refractivity contribution is 6.30. The number of benzene rings is 2. The number of carbonyl (C=O) groups is 2. The molecule has 2 amide bonds. The summed E-state index contributed by atoms with van der Waals surface area (Å²) in [5, 5.41) is 0.682. The van der Waals surface area contributed by atoms with Crippen molar-refractivity contribution in [2.45, 2.75) is 12.7 Å². The summed E-state index contributed by atoms with van der Waals surface area (Å²) in [5.74, 6) is -0.288. The number of amides is 2. The lowest BCUT2D eigenvalue weighted by Gasteiger charge is -2.37. The fourth-order valence-corrected chi connectivity index (χ4v) is 2.49. The Kier molecular flexibility index (Phi) is 5.21. The van der Waals surface area contributed by atoms with Gasteiger partial charge in [-0.2, -0.15) is 0 Å². The third-order valence-electron chi connectivity index (χ3n) is 3.83. The molecular formula is C18H17ClN2O4. The number of nitrogens with zero attached hydrogens (tertiary/aromatic N) is 1. The first-order chi connectivity index (χ1) is 12.0. The number of carbonyl (C=O) groups excluding carboxylic acids is 2. The summed E-state index contributed by atoms with van der Waals surface area (Å²) >= 11 is 5.84. The van der Waals surface area contributed by atoms with Crippen molar-refractivity contribution >= 4 is 23.6 Å². The van der Waals surface area contributed by atoms with Gasteiger partial charge < -0.3 is 20.1 Å². The van der Waals surface area contributed by atoms with Gasteiger partial charge in [-0.1, -0.05) is 29.8 Å². The van der Waals surface area contributed by atoms with Crippen LogP contribution in [-0.4, -0.2) is 36.1 Å². The monoisotopic (exact) mass is 360 g/mol. The van der Waals surface area contributed by atoms with Crippen LogP contribution in [0.4, 0.5) is 4.79 Å². The Morgan fingerprint density at radius 3 is 2.56 bits per heavy atom. The second kappa shape index (κ2) is 7.55. The summed E-state index contributed by atoms with van der Waals surface area (Å²) in [7, 11) is 0. The van der Waals surface area contributed by atoms with Crippen LogP contribution in [0.5, 0.6) is 5.75 Å². The van der Waals surface area contributed by atoms with E-state index in [4.69, 9.17) is 26.8 Å². The molecule has 7 heteroatoms. The largest absolute Gasteiger partial charge is 0.415 e. The average Bonchev–Trinajstić information content (AvgIpc) is 2.55. The van der Waals surface area contributed by atoms with E-state index in [0.717, 1.165) is 5.56 Å². The number of nitrogens with two attached hydrogens (primary N) is 1. The van der Waals surface area contributed by atoms with Crippen molar-refractivity contribution in [1.82, 2.24) is 4.90 Å². The topological polar surface area (TPSA) is 81.9 Å². The van der Waals surface area contributed by atoms with E-state index in [9.17, 15) is 9.59 Å². The van der Waals surface area contributed by atoms with Gasteiger partial charge in [-0.05, 0) is 35.9 Å². The predicted octanol–water partition coefficient (Wildman–Crippen LogP) is 2.84. The Hall–Kier alpha value is -2.57. The summed E-state index contributed by atoms with van der Waals surface area (Å²) in [5.41, 5.74) is 6.52. The molecule has 0 bridgehead atoms. The van der Waals surface area contributed by atoms with Gasteiger partial charge in [0.1, 0.15) is 5.75 Å². The third kappa shape index (κ3) is 4.49. The Bertz CT molecular complexity index is 773. The van der Waals surface area contributed by atoms with Gasteiger partial charge in [-0.3, -0.25) is 4.79 Å². The summed E-state index contributed by atoms with van der Waals surface area (Å²) < 4.78 is 11.0. The standard InChI is InChI=1S/C18H17ClN2O4/c19-14-6-4-12(5-7-14)11-24-16-9-21(10-16)18(23)25-15-3-1-2-13(8-15)17(20)22/h1-8,16H,9-11H2,(H2,20,22). The minimum Gasteiger partial charge on any atom is -0.410 e. The molecule has 1 aliphatic heterocycles. The Labute approximate surface area is 150 Å². The average molecular weight is 361 g/mol. The summed E-state index contributed by atoms with van der Waals surface area (Å²) in [4.78, 5) is 24.7. The van der Waals surface area contributed by atoms with E-state index in [-0.39, 0.29) is 17.4 Å². The van der Waals surface area contributed by atoms with Gasteiger partial charge >= 0.3 is 6.09 Å². The number of ether oxygens (including phenoxy) is 2. The maximum atomic E-state index is 12.1. The van der Waals surface area contributed by atoms with Crippen LogP contribution < -0.4 is 10.5 Å². The van der Waals surface area contributed by atoms with E-state index in [2.05, 4.69) is 0 Å².